The molecule has 1 aromatic heterocycles. The van der Waals surface area contributed by atoms with Gasteiger partial charge >= 0.3 is 0 Å². The first-order chi connectivity index (χ1) is 10.2. The third-order valence-corrected chi connectivity index (χ3v) is 4.30. The maximum absolute atomic E-state index is 10.8. The number of likely N-dealkylation sites (tertiary alicyclic amines) is 1. The summed E-state index contributed by atoms with van der Waals surface area (Å²) in [4.78, 5) is 16.1. The molecule has 112 valence electrons. The Morgan fingerprint density at radius 1 is 1.14 bits per heavy atom. The molecule has 1 aliphatic rings. The molecule has 1 saturated heterocycles. The molecule has 2 aromatic rings. The van der Waals surface area contributed by atoms with E-state index in [1.807, 2.05) is 12.3 Å². The summed E-state index contributed by atoms with van der Waals surface area (Å²) in [5.74, 6) is 0. The predicted octanol–water partition coefficient (Wildman–Crippen LogP) is 3.84. The summed E-state index contributed by atoms with van der Waals surface area (Å²) in [5, 5.41) is 11.9. The molecule has 21 heavy (non-hydrogen) atoms. The van der Waals surface area contributed by atoms with Crippen molar-refractivity contribution in [1.82, 2.24) is 9.88 Å². The molecule has 0 aliphatic carbocycles. The predicted molar refractivity (Wildman–Crippen MR) is 83.3 cm³/mol. The topological polar surface area (TPSA) is 62.2 Å². The van der Waals surface area contributed by atoms with E-state index in [1.54, 1.807) is 12.1 Å². The summed E-state index contributed by atoms with van der Waals surface area (Å²) in [5.41, 5.74) is 2.23. The van der Waals surface area contributed by atoms with Crippen LogP contribution < -0.4 is 0 Å². The van der Waals surface area contributed by atoms with Crippen molar-refractivity contribution in [2.45, 2.75) is 38.6 Å². The van der Waals surface area contributed by atoms with Gasteiger partial charge < -0.3 is 4.98 Å². The fourth-order valence-corrected chi connectivity index (χ4v) is 3.13. The van der Waals surface area contributed by atoms with Crippen molar-refractivity contribution in [3.8, 4) is 0 Å². The molecule has 0 radical (unpaired) electrons. The van der Waals surface area contributed by atoms with Gasteiger partial charge in [-0.05, 0) is 37.6 Å². The van der Waals surface area contributed by atoms with Crippen LogP contribution >= 0.6 is 0 Å². The van der Waals surface area contributed by atoms with Gasteiger partial charge in [0.05, 0.1) is 10.4 Å². The fourth-order valence-electron chi connectivity index (χ4n) is 3.13. The minimum atomic E-state index is -0.349. The standard InChI is InChI=1S/C16H21N3O2/c20-19(21)14-6-7-15-13(11-17-16(15)10-14)12-18-8-4-2-1-3-5-9-18/h6-7,10-11,17H,1-5,8-9,12H2. The van der Waals surface area contributed by atoms with Crippen molar-refractivity contribution in [2.24, 2.45) is 0 Å². The summed E-state index contributed by atoms with van der Waals surface area (Å²) in [7, 11) is 0. The van der Waals surface area contributed by atoms with Crippen LogP contribution in [0.5, 0.6) is 0 Å². The number of nitro groups is 1. The van der Waals surface area contributed by atoms with E-state index in [1.165, 1.54) is 37.7 Å². The first kappa shape index (κ1) is 14.1. The van der Waals surface area contributed by atoms with E-state index >= 15 is 0 Å². The van der Waals surface area contributed by atoms with E-state index in [0.29, 0.717) is 0 Å². The number of benzene rings is 1. The highest BCUT2D eigenvalue weighted by Gasteiger charge is 2.13. The summed E-state index contributed by atoms with van der Waals surface area (Å²) in [6.45, 7) is 3.23. The Morgan fingerprint density at radius 3 is 2.57 bits per heavy atom. The Morgan fingerprint density at radius 2 is 1.86 bits per heavy atom. The molecule has 0 atom stereocenters. The van der Waals surface area contributed by atoms with Gasteiger partial charge in [0, 0.05) is 30.3 Å². The number of nitrogens with one attached hydrogen (secondary N) is 1. The maximum Gasteiger partial charge on any atom is 0.271 e. The number of hydrogen-bond donors (Lipinski definition) is 1. The Labute approximate surface area is 124 Å². The van der Waals surface area contributed by atoms with Crippen molar-refractivity contribution in [3.63, 3.8) is 0 Å². The van der Waals surface area contributed by atoms with Gasteiger partial charge in [0.2, 0.25) is 0 Å². The van der Waals surface area contributed by atoms with Crippen LogP contribution in [0.4, 0.5) is 5.69 Å². The van der Waals surface area contributed by atoms with Crippen LogP contribution in [0.1, 0.15) is 37.7 Å². The van der Waals surface area contributed by atoms with Crippen LogP contribution in [0.25, 0.3) is 10.9 Å². The van der Waals surface area contributed by atoms with Gasteiger partial charge in [0.1, 0.15) is 0 Å². The van der Waals surface area contributed by atoms with Gasteiger partial charge in [0.15, 0.2) is 0 Å². The Hall–Kier alpha value is -1.88. The Balaban J connectivity index is 1.78. The van der Waals surface area contributed by atoms with E-state index in [2.05, 4.69) is 9.88 Å². The van der Waals surface area contributed by atoms with Crippen molar-refractivity contribution in [3.05, 3.63) is 40.1 Å². The van der Waals surface area contributed by atoms with Crippen LogP contribution in [0, 0.1) is 10.1 Å². The Kier molecular flexibility index (Phi) is 4.20. The van der Waals surface area contributed by atoms with Gasteiger partial charge in [-0.1, -0.05) is 19.3 Å². The zero-order valence-corrected chi connectivity index (χ0v) is 12.2. The first-order valence-corrected chi connectivity index (χ1v) is 7.71. The minimum Gasteiger partial charge on any atom is -0.361 e. The summed E-state index contributed by atoms with van der Waals surface area (Å²) in [6.07, 6.45) is 8.56. The number of nitrogens with zero attached hydrogens (tertiary/aromatic N) is 2. The van der Waals surface area contributed by atoms with Gasteiger partial charge in [-0.15, -0.1) is 0 Å². The van der Waals surface area contributed by atoms with Gasteiger partial charge in [0.25, 0.3) is 5.69 Å². The average molecular weight is 287 g/mol. The third-order valence-electron chi connectivity index (χ3n) is 4.30. The molecular weight excluding hydrogens is 266 g/mol. The van der Waals surface area contributed by atoms with Crippen LogP contribution in [-0.4, -0.2) is 27.9 Å². The fraction of sp³-hybridized carbons (Fsp3) is 0.500. The molecule has 1 N–H and O–H groups in total. The molecule has 5 heteroatoms. The monoisotopic (exact) mass is 287 g/mol. The van der Waals surface area contributed by atoms with Gasteiger partial charge in [-0.25, -0.2) is 0 Å². The number of fused-ring (bicyclic) bond motifs is 1. The zero-order valence-electron chi connectivity index (χ0n) is 12.2. The number of non-ortho nitro benzene ring substituents is 1. The Bertz CT molecular complexity index is 627. The van der Waals surface area contributed by atoms with Gasteiger partial charge in [-0.2, -0.15) is 0 Å². The van der Waals surface area contributed by atoms with Crippen LogP contribution in [0.15, 0.2) is 24.4 Å². The lowest BCUT2D eigenvalue weighted by Crippen LogP contribution is -2.26. The lowest BCUT2D eigenvalue weighted by molar-refractivity contribution is -0.384. The second-order valence-electron chi connectivity index (χ2n) is 5.84. The molecule has 0 unspecified atom stereocenters. The van der Waals surface area contributed by atoms with Crippen molar-refractivity contribution in [2.75, 3.05) is 13.1 Å². The number of H-pyrrole nitrogens is 1. The SMILES string of the molecule is O=[N+]([O-])c1ccc2c(CN3CCCCCCC3)c[nH]c2c1. The average Bonchev–Trinajstić information content (AvgIpc) is 2.84. The van der Waals surface area contributed by atoms with Crippen molar-refractivity contribution >= 4 is 16.6 Å². The minimum absolute atomic E-state index is 0.141. The van der Waals surface area contributed by atoms with E-state index in [0.717, 1.165) is 30.5 Å². The molecule has 0 saturated carbocycles. The smallest absolute Gasteiger partial charge is 0.271 e. The second kappa shape index (κ2) is 6.26. The zero-order chi connectivity index (χ0) is 14.7. The third kappa shape index (κ3) is 3.24. The van der Waals surface area contributed by atoms with E-state index in [9.17, 15) is 10.1 Å². The molecule has 5 nitrogen and oxygen atoms in total. The lowest BCUT2D eigenvalue weighted by Gasteiger charge is -2.24. The van der Waals surface area contributed by atoms with Crippen molar-refractivity contribution < 1.29 is 4.92 Å². The van der Waals surface area contributed by atoms with Crippen LogP contribution in [0.3, 0.4) is 0 Å². The molecule has 0 bridgehead atoms. The largest absolute Gasteiger partial charge is 0.361 e. The highest BCUT2D eigenvalue weighted by Crippen LogP contribution is 2.24. The second-order valence-corrected chi connectivity index (χ2v) is 5.84. The molecule has 2 heterocycles. The first-order valence-electron chi connectivity index (χ1n) is 7.71. The van der Waals surface area contributed by atoms with Crippen LogP contribution in [-0.2, 0) is 6.54 Å². The molecule has 0 spiro atoms. The van der Waals surface area contributed by atoms with E-state index in [4.69, 9.17) is 0 Å². The maximum atomic E-state index is 10.8. The number of aromatic nitrogens is 1. The quantitative estimate of drug-likeness (QED) is 0.689. The number of aromatic amines is 1. The molecule has 1 aromatic carbocycles. The molecule has 0 amide bonds. The summed E-state index contributed by atoms with van der Waals surface area (Å²) in [6, 6.07) is 5.07. The number of hydrogen-bond acceptors (Lipinski definition) is 3. The van der Waals surface area contributed by atoms with Gasteiger partial charge in [-0.3, -0.25) is 15.0 Å². The lowest BCUT2D eigenvalue weighted by atomic mass is 10.1. The normalized spacial score (nSPS) is 17.5. The summed E-state index contributed by atoms with van der Waals surface area (Å²) >= 11 is 0. The van der Waals surface area contributed by atoms with Crippen molar-refractivity contribution in [1.29, 1.82) is 0 Å². The highest BCUT2D eigenvalue weighted by atomic mass is 16.6. The molecular formula is C16H21N3O2. The van der Waals surface area contributed by atoms with E-state index < -0.39 is 0 Å². The number of nitro benzene ring substituents is 1. The number of rotatable bonds is 3. The molecule has 1 aliphatic heterocycles. The van der Waals surface area contributed by atoms with Crippen LogP contribution in [0.2, 0.25) is 0 Å². The van der Waals surface area contributed by atoms with E-state index in [-0.39, 0.29) is 10.6 Å². The highest BCUT2D eigenvalue weighted by molar-refractivity contribution is 5.85. The molecule has 1 fully saturated rings. The molecule has 3 rings (SSSR count). The summed E-state index contributed by atoms with van der Waals surface area (Å²) < 4.78 is 0.